The molecule has 2 aliphatic rings. The average Bonchev–Trinajstić information content (AvgIpc) is 2.61. The predicted molar refractivity (Wildman–Crippen MR) is 85.4 cm³/mol. The number of morpholine rings is 1. The Kier molecular flexibility index (Phi) is 5.29. The quantitative estimate of drug-likeness (QED) is 0.929. The number of urea groups is 1. The number of piperidine rings is 1. The minimum absolute atomic E-state index is 0.143. The summed E-state index contributed by atoms with van der Waals surface area (Å²) < 4.78 is 5.34. The lowest BCUT2D eigenvalue weighted by Gasteiger charge is -2.40. The summed E-state index contributed by atoms with van der Waals surface area (Å²) in [5, 5.41) is 3.56. The van der Waals surface area contributed by atoms with E-state index in [4.69, 9.17) is 4.74 Å². The highest BCUT2D eigenvalue weighted by molar-refractivity contribution is 5.75. The van der Waals surface area contributed by atoms with Crippen LogP contribution in [-0.4, -0.2) is 54.8 Å². The molecular formula is C17H25N3O2. The van der Waals surface area contributed by atoms with E-state index in [0.717, 1.165) is 25.9 Å². The van der Waals surface area contributed by atoms with Crippen molar-refractivity contribution in [2.24, 2.45) is 0 Å². The Balaban J connectivity index is 1.59. The van der Waals surface area contributed by atoms with Gasteiger partial charge in [0.25, 0.3) is 0 Å². The van der Waals surface area contributed by atoms with E-state index in [0.29, 0.717) is 26.3 Å². The molecule has 5 nitrogen and oxygen atoms in total. The molecule has 0 radical (unpaired) electrons. The third kappa shape index (κ3) is 3.78. The molecule has 2 fully saturated rings. The second kappa shape index (κ2) is 7.61. The normalized spacial score (nSPS) is 22.6. The molecule has 0 saturated carbocycles. The number of nitrogens with one attached hydrogen (secondary N) is 1. The van der Waals surface area contributed by atoms with Gasteiger partial charge in [-0.1, -0.05) is 30.3 Å². The van der Waals surface area contributed by atoms with Gasteiger partial charge >= 0.3 is 6.03 Å². The molecule has 1 N–H and O–H groups in total. The van der Waals surface area contributed by atoms with Crippen molar-refractivity contribution in [3.63, 3.8) is 0 Å². The van der Waals surface area contributed by atoms with E-state index in [1.807, 2.05) is 15.9 Å². The lowest BCUT2D eigenvalue weighted by Crippen LogP contribution is -2.57. The number of benzene rings is 1. The molecule has 3 rings (SSSR count). The van der Waals surface area contributed by atoms with Crippen molar-refractivity contribution in [3.05, 3.63) is 35.9 Å². The van der Waals surface area contributed by atoms with Crippen LogP contribution in [0.5, 0.6) is 0 Å². The number of nitrogens with zero attached hydrogens (tertiary/aromatic N) is 2. The Morgan fingerprint density at radius 1 is 1.14 bits per heavy atom. The molecule has 1 unspecified atom stereocenters. The Labute approximate surface area is 132 Å². The number of amides is 2. The molecule has 1 atom stereocenters. The molecule has 2 saturated heterocycles. The first-order chi connectivity index (χ1) is 10.8. The average molecular weight is 303 g/mol. The van der Waals surface area contributed by atoms with Crippen LogP contribution in [0.3, 0.4) is 0 Å². The topological polar surface area (TPSA) is 44.8 Å². The summed E-state index contributed by atoms with van der Waals surface area (Å²) in [5.41, 5.74) is 1.26. The van der Waals surface area contributed by atoms with Crippen molar-refractivity contribution in [2.75, 3.05) is 32.8 Å². The number of ether oxygens (including phenoxy) is 1. The smallest absolute Gasteiger partial charge is 0.321 e. The lowest BCUT2D eigenvalue weighted by molar-refractivity contribution is 0.0326. The zero-order chi connectivity index (χ0) is 15.2. The zero-order valence-electron chi connectivity index (χ0n) is 13.0. The molecule has 1 aromatic carbocycles. The van der Waals surface area contributed by atoms with Crippen molar-refractivity contribution in [3.8, 4) is 0 Å². The monoisotopic (exact) mass is 303 g/mol. The van der Waals surface area contributed by atoms with Crippen molar-refractivity contribution < 1.29 is 9.53 Å². The third-order valence-electron chi connectivity index (χ3n) is 4.41. The third-order valence-corrected chi connectivity index (χ3v) is 4.41. The maximum Gasteiger partial charge on any atom is 0.321 e. The standard InChI is InChI=1S/C17H25N3O2/c21-17(19-10-12-22-13-11-19)20-9-5-4-8-16(20)18-14-15-6-2-1-3-7-15/h1-3,6-7,16,18H,4-5,8-14H2. The van der Waals surface area contributed by atoms with Crippen LogP contribution in [0, 0.1) is 0 Å². The predicted octanol–water partition coefficient (Wildman–Crippen LogP) is 2.04. The first-order valence-electron chi connectivity index (χ1n) is 8.25. The molecule has 22 heavy (non-hydrogen) atoms. The fourth-order valence-corrected chi connectivity index (χ4v) is 3.14. The number of carbonyl (C=O) groups is 1. The van der Waals surface area contributed by atoms with Crippen molar-refractivity contribution in [1.82, 2.24) is 15.1 Å². The van der Waals surface area contributed by atoms with E-state index >= 15 is 0 Å². The molecule has 0 aliphatic carbocycles. The van der Waals surface area contributed by atoms with Gasteiger partial charge in [-0.05, 0) is 24.8 Å². The van der Waals surface area contributed by atoms with E-state index in [2.05, 4.69) is 29.6 Å². The highest BCUT2D eigenvalue weighted by atomic mass is 16.5. The maximum absolute atomic E-state index is 12.7. The van der Waals surface area contributed by atoms with Crippen LogP contribution in [0.1, 0.15) is 24.8 Å². The van der Waals surface area contributed by atoms with Crippen LogP contribution in [0.15, 0.2) is 30.3 Å². The first kappa shape index (κ1) is 15.3. The van der Waals surface area contributed by atoms with Gasteiger partial charge in [0.15, 0.2) is 0 Å². The molecular weight excluding hydrogens is 278 g/mol. The Morgan fingerprint density at radius 3 is 2.68 bits per heavy atom. The first-order valence-corrected chi connectivity index (χ1v) is 8.25. The van der Waals surface area contributed by atoms with Gasteiger partial charge in [0, 0.05) is 26.2 Å². The molecule has 0 aromatic heterocycles. The number of hydrogen-bond donors (Lipinski definition) is 1. The number of likely N-dealkylation sites (tertiary alicyclic amines) is 1. The molecule has 2 heterocycles. The fourth-order valence-electron chi connectivity index (χ4n) is 3.14. The van der Waals surface area contributed by atoms with Crippen molar-refractivity contribution in [2.45, 2.75) is 32.0 Å². The Morgan fingerprint density at radius 2 is 1.91 bits per heavy atom. The highest BCUT2D eigenvalue weighted by Gasteiger charge is 2.30. The molecule has 2 amide bonds. The summed E-state index contributed by atoms with van der Waals surface area (Å²) in [6.45, 7) is 4.38. The molecule has 0 spiro atoms. The molecule has 0 bridgehead atoms. The van der Waals surface area contributed by atoms with Crippen LogP contribution < -0.4 is 5.32 Å². The van der Waals surface area contributed by atoms with Gasteiger partial charge in [-0.2, -0.15) is 0 Å². The van der Waals surface area contributed by atoms with E-state index in [1.165, 1.54) is 12.0 Å². The van der Waals surface area contributed by atoms with Gasteiger partial charge in [0.05, 0.1) is 19.4 Å². The Hall–Kier alpha value is -1.59. The van der Waals surface area contributed by atoms with Gasteiger partial charge in [0.2, 0.25) is 0 Å². The van der Waals surface area contributed by atoms with Crippen LogP contribution in [0.4, 0.5) is 4.79 Å². The van der Waals surface area contributed by atoms with Gasteiger partial charge in [-0.3, -0.25) is 5.32 Å². The number of carbonyl (C=O) groups excluding carboxylic acids is 1. The van der Waals surface area contributed by atoms with Crippen LogP contribution in [0.25, 0.3) is 0 Å². The molecule has 5 heteroatoms. The zero-order valence-corrected chi connectivity index (χ0v) is 13.0. The maximum atomic E-state index is 12.7. The summed E-state index contributed by atoms with van der Waals surface area (Å²) in [7, 11) is 0. The van der Waals surface area contributed by atoms with E-state index in [-0.39, 0.29) is 12.2 Å². The summed E-state index contributed by atoms with van der Waals surface area (Å²) in [4.78, 5) is 16.7. The van der Waals surface area contributed by atoms with Gasteiger partial charge in [-0.15, -0.1) is 0 Å². The summed E-state index contributed by atoms with van der Waals surface area (Å²) in [6, 6.07) is 10.5. The van der Waals surface area contributed by atoms with E-state index in [9.17, 15) is 4.79 Å². The Bertz CT molecular complexity index is 474. The van der Waals surface area contributed by atoms with Crippen LogP contribution in [0.2, 0.25) is 0 Å². The summed E-state index contributed by atoms with van der Waals surface area (Å²) in [5.74, 6) is 0. The highest BCUT2D eigenvalue weighted by Crippen LogP contribution is 2.18. The summed E-state index contributed by atoms with van der Waals surface area (Å²) in [6.07, 6.45) is 3.45. The minimum Gasteiger partial charge on any atom is -0.378 e. The lowest BCUT2D eigenvalue weighted by atomic mass is 10.1. The van der Waals surface area contributed by atoms with E-state index < -0.39 is 0 Å². The molecule has 1 aromatic rings. The van der Waals surface area contributed by atoms with Gasteiger partial charge in [0.1, 0.15) is 0 Å². The van der Waals surface area contributed by atoms with Gasteiger partial charge in [-0.25, -0.2) is 4.79 Å². The minimum atomic E-state index is 0.143. The van der Waals surface area contributed by atoms with Crippen molar-refractivity contribution in [1.29, 1.82) is 0 Å². The number of rotatable bonds is 3. The van der Waals surface area contributed by atoms with E-state index in [1.54, 1.807) is 0 Å². The van der Waals surface area contributed by atoms with Crippen LogP contribution in [-0.2, 0) is 11.3 Å². The summed E-state index contributed by atoms with van der Waals surface area (Å²) >= 11 is 0. The van der Waals surface area contributed by atoms with Crippen molar-refractivity contribution >= 4 is 6.03 Å². The van der Waals surface area contributed by atoms with Crippen LogP contribution >= 0.6 is 0 Å². The second-order valence-corrected chi connectivity index (χ2v) is 5.95. The largest absolute Gasteiger partial charge is 0.378 e. The fraction of sp³-hybridized carbons (Fsp3) is 0.588. The van der Waals surface area contributed by atoms with Gasteiger partial charge < -0.3 is 14.5 Å². The molecule has 120 valence electrons. The molecule has 2 aliphatic heterocycles. The SMILES string of the molecule is O=C(N1CCOCC1)N1CCCCC1NCc1ccccc1. The second-order valence-electron chi connectivity index (χ2n) is 5.95. The number of hydrogen-bond acceptors (Lipinski definition) is 3.